The molecule has 0 aliphatic carbocycles. The summed E-state index contributed by atoms with van der Waals surface area (Å²) in [6, 6.07) is 3.21. The van der Waals surface area contributed by atoms with Crippen molar-refractivity contribution in [2.45, 2.75) is 26.0 Å². The maximum Gasteiger partial charge on any atom is 0.397 e. The highest BCUT2D eigenvalue weighted by atomic mass is 35.5. The molecule has 0 bridgehead atoms. The fraction of sp³-hybridized carbons (Fsp3) is 0.417. The molecule has 1 aromatic rings. The van der Waals surface area contributed by atoms with Crippen LogP contribution in [0.1, 0.15) is 25.5 Å². The summed E-state index contributed by atoms with van der Waals surface area (Å²) in [7, 11) is 0. The molecular formula is C12H13ClN2O3. The average molecular weight is 269 g/mol. The number of aromatic nitrogens is 1. The Morgan fingerprint density at radius 3 is 2.83 bits per heavy atom. The lowest BCUT2D eigenvalue weighted by Gasteiger charge is -2.34. The number of ether oxygens (including phenoxy) is 1. The zero-order chi connectivity index (χ0) is 13.3. The minimum Gasteiger partial charge on any atom is -0.454 e. The van der Waals surface area contributed by atoms with E-state index in [0.29, 0.717) is 11.7 Å². The first-order chi connectivity index (χ1) is 8.49. The third kappa shape index (κ3) is 2.46. The van der Waals surface area contributed by atoms with Crippen LogP contribution in [0.15, 0.2) is 18.3 Å². The number of hydrogen-bond acceptors (Lipinski definition) is 4. The number of nitrogens with zero attached hydrogens (tertiary/aromatic N) is 2. The van der Waals surface area contributed by atoms with Gasteiger partial charge in [0.1, 0.15) is 11.3 Å². The van der Waals surface area contributed by atoms with E-state index in [0.717, 1.165) is 5.56 Å². The second kappa shape index (κ2) is 4.94. The number of carbonyl (C=O) groups is 2. The summed E-state index contributed by atoms with van der Waals surface area (Å²) >= 11 is 5.71. The van der Waals surface area contributed by atoms with Crippen LogP contribution >= 0.6 is 11.6 Å². The Bertz CT molecular complexity index is 475. The van der Waals surface area contributed by atoms with Crippen LogP contribution in [0.5, 0.6) is 0 Å². The molecule has 1 aliphatic heterocycles. The second-order valence-electron chi connectivity index (χ2n) is 4.26. The Kier molecular flexibility index (Phi) is 3.52. The van der Waals surface area contributed by atoms with Gasteiger partial charge in [-0.2, -0.15) is 0 Å². The highest BCUT2D eigenvalue weighted by Gasteiger charge is 2.35. The fourth-order valence-electron chi connectivity index (χ4n) is 1.90. The molecule has 1 unspecified atom stereocenters. The van der Waals surface area contributed by atoms with E-state index in [9.17, 15) is 9.59 Å². The number of cyclic esters (lactones) is 1. The van der Waals surface area contributed by atoms with E-state index in [-0.39, 0.29) is 12.1 Å². The molecule has 6 heteroatoms. The summed E-state index contributed by atoms with van der Waals surface area (Å²) in [5, 5.41) is 0.392. The van der Waals surface area contributed by atoms with Crippen molar-refractivity contribution in [2.24, 2.45) is 0 Å². The van der Waals surface area contributed by atoms with Crippen LogP contribution in [-0.4, -0.2) is 34.4 Å². The third-order valence-electron chi connectivity index (χ3n) is 2.90. The van der Waals surface area contributed by atoms with Crippen molar-refractivity contribution in [3.05, 3.63) is 29.0 Å². The molecule has 0 radical (unpaired) electrons. The van der Waals surface area contributed by atoms with Gasteiger partial charge in [-0.3, -0.25) is 4.79 Å². The maximum absolute atomic E-state index is 11.8. The minimum atomic E-state index is -0.803. The van der Waals surface area contributed by atoms with Crippen molar-refractivity contribution in [2.75, 3.05) is 6.54 Å². The van der Waals surface area contributed by atoms with E-state index in [1.165, 1.54) is 4.90 Å². The van der Waals surface area contributed by atoms with E-state index < -0.39 is 11.9 Å². The van der Waals surface area contributed by atoms with Crippen LogP contribution in [0, 0.1) is 0 Å². The number of hydrogen-bond donors (Lipinski definition) is 0. The average Bonchev–Trinajstić information content (AvgIpc) is 2.34. The quantitative estimate of drug-likeness (QED) is 0.464. The van der Waals surface area contributed by atoms with Crippen molar-refractivity contribution in [1.29, 1.82) is 0 Å². The first-order valence-corrected chi connectivity index (χ1v) is 6.00. The van der Waals surface area contributed by atoms with Crippen molar-refractivity contribution < 1.29 is 14.3 Å². The van der Waals surface area contributed by atoms with Gasteiger partial charge in [-0.1, -0.05) is 17.7 Å². The predicted molar refractivity (Wildman–Crippen MR) is 64.9 cm³/mol. The third-order valence-corrected chi connectivity index (χ3v) is 3.12. The van der Waals surface area contributed by atoms with Gasteiger partial charge in [-0.15, -0.1) is 0 Å². The molecule has 18 heavy (non-hydrogen) atoms. The zero-order valence-corrected chi connectivity index (χ0v) is 10.8. The van der Waals surface area contributed by atoms with Gasteiger partial charge in [-0.25, -0.2) is 9.78 Å². The molecule has 0 aromatic carbocycles. The van der Waals surface area contributed by atoms with Crippen LogP contribution in [0.25, 0.3) is 0 Å². The molecular weight excluding hydrogens is 256 g/mol. The summed E-state index contributed by atoms with van der Waals surface area (Å²) < 4.78 is 4.87. The Labute approximate surface area is 110 Å². The SMILES string of the molecule is CC(c1ccc(Cl)nc1)N1C[C@H](C)OC(=O)C1=O. The Morgan fingerprint density at radius 2 is 2.22 bits per heavy atom. The van der Waals surface area contributed by atoms with E-state index in [1.807, 2.05) is 6.92 Å². The van der Waals surface area contributed by atoms with E-state index in [2.05, 4.69) is 4.98 Å². The van der Waals surface area contributed by atoms with Crippen LogP contribution in [-0.2, 0) is 14.3 Å². The first-order valence-electron chi connectivity index (χ1n) is 5.62. The summed E-state index contributed by atoms with van der Waals surface area (Å²) in [4.78, 5) is 28.6. The number of morpholine rings is 1. The molecule has 1 saturated heterocycles. The normalized spacial score (nSPS) is 21.7. The first kappa shape index (κ1) is 12.8. The largest absolute Gasteiger partial charge is 0.454 e. The summed E-state index contributed by atoms with van der Waals surface area (Å²) in [5.74, 6) is -1.42. The lowest BCUT2D eigenvalue weighted by Crippen LogP contribution is -2.49. The monoisotopic (exact) mass is 268 g/mol. The standard InChI is InChI=1S/C12H13ClN2O3/c1-7-6-15(11(16)12(17)18-7)8(2)9-3-4-10(13)14-5-9/h3-5,7-8H,6H2,1-2H3/t7-,8?/m0/s1. The van der Waals surface area contributed by atoms with Crippen LogP contribution in [0.3, 0.4) is 0 Å². The van der Waals surface area contributed by atoms with E-state index in [4.69, 9.17) is 16.3 Å². The van der Waals surface area contributed by atoms with E-state index >= 15 is 0 Å². The molecule has 0 spiro atoms. The zero-order valence-electron chi connectivity index (χ0n) is 10.1. The maximum atomic E-state index is 11.8. The smallest absolute Gasteiger partial charge is 0.397 e. The van der Waals surface area contributed by atoms with Gasteiger partial charge in [0.25, 0.3) is 0 Å². The van der Waals surface area contributed by atoms with Gasteiger partial charge >= 0.3 is 11.9 Å². The minimum absolute atomic E-state index is 0.238. The molecule has 0 saturated carbocycles. The summed E-state index contributed by atoms with van der Waals surface area (Å²) in [6.45, 7) is 3.98. The van der Waals surface area contributed by atoms with Gasteiger partial charge in [0.15, 0.2) is 0 Å². The molecule has 1 fully saturated rings. The molecule has 96 valence electrons. The van der Waals surface area contributed by atoms with Gasteiger partial charge in [0, 0.05) is 6.20 Å². The van der Waals surface area contributed by atoms with Crippen LogP contribution in [0.4, 0.5) is 0 Å². The highest BCUT2D eigenvalue weighted by molar-refractivity contribution is 6.33. The topological polar surface area (TPSA) is 59.5 Å². The lowest BCUT2D eigenvalue weighted by atomic mass is 10.1. The number of carbonyl (C=O) groups excluding carboxylic acids is 2. The number of halogens is 1. The molecule has 1 amide bonds. The fourth-order valence-corrected chi connectivity index (χ4v) is 2.01. The number of esters is 1. The van der Waals surface area contributed by atoms with Crippen LogP contribution in [0.2, 0.25) is 5.15 Å². The van der Waals surface area contributed by atoms with Gasteiger partial charge < -0.3 is 9.64 Å². The van der Waals surface area contributed by atoms with Crippen molar-refractivity contribution >= 4 is 23.5 Å². The molecule has 5 nitrogen and oxygen atoms in total. The Hall–Kier alpha value is -1.62. The Morgan fingerprint density at radius 1 is 1.50 bits per heavy atom. The highest BCUT2D eigenvalue weighted by Crippen LogP contribution is 2.23. The van der Waals surface area contributed by atoms with Gasteiger partial charge in [0.05, 0.1) is 12.6 Å². The van der Waals surface area contributed by atoms with Crippen molar-refractivity contribution in [1.82, 2.24) is 9.88 Å². The van der Waals surface area contributed by atoms with Crippen molar-refractivity contribution in [3.63, 3.8) is 0 Å². The molecule has 2 heterocycles. The molecule has 1 aromatic heterocycles. The number of pyridine rings is 1. The van der Waals surface area contributed by atoms with Gasteiger partial charge in [-0.05, 0) is 25.5 Å². The molecule has 1 aliphatic rings. The Balaban J connectivity index is 2.21. The van der Waals surface area contributed by atoms with Gasteiger partial charge in [0.2, 0.25) is 0 Å². The molecule has 0 N–H and O–H groups in total. The van der Waals surface area contributed by atoms with Crippen molar-refractivity contribution in [3.8, 4) is 0 Å². The van der Waals surface area contributed by atoms with E-state index in [1.54, 1.807) is 25.3 Å². The summed E-state index contributed by atoms with van der Waals surface area (Å²) in [6.07, 6.45) is 1.31. The molecule has 2 rings (SSSR count). The predicted octanol–water partition coefficient (Wildman–Crippen LogP) is 1.57. The number of rotatable bonds is 2. The lowest BCUT2D eigenvalue weighted by molar-refractivity contribution is -0.173. The number of amides is 1. The van der Waals surface area contributed by atoms with Crippen LogP contribution < -0.4 is 0 Å². The second-order valence-corrected chi connectivity index (χ2v) is 4.65. The summed E-state index contributed by atoms with van der Waals surface area (Å²) in [5.41, 5.74) is 0.828. The molecule has 2 atom stereocenters.